The third kappa shape index (κ3) is 5.01. The lowest BCUT2D eigenvalue weighted by atomic mass is 10.2. The van der Waals surface area contributed by atoms with E-state index in [9.17, 15) is 0 Å². The van der Waals surface area contributed by atoms with E-state index in [1.165, 1.54) is 0 Å². The first-order valence-corrected chi connectivity index (χ1v) is 10.5. The van der Waals surface area contributed by atoms with Crippen LogP contribution in [-0.2, 0) is 6.54 Å². The average Bonchev–Trinajstić information content (AvgIpc) is 3.45. The summed E-state index contributed by atoms with van der Waals surface area (Å²) in [6, 6.07) is 13.2. The molecule has 3 aromatic rings. The van der Waals surface area contributed by atoms with Gasteiger partial charge in [-0.3, -0.25) is 0 Å². The highest BCUT2D eigenvalue weighted by Crippen LogP contribution is 2.24. The quantitative estimate of drug-likeness (QED) is 0.540. The molecule has 1 aromatic carbocycles. The Morgan fingerprint density at radius 1 is 1.17 bits per heavy atom. The van der Waals surface area contributed by atoms with E-state index >= 15 is 0 Å². The van der Waals surface area contributed by atoms with Crippen LogP contribution in [-0.4, -0.2) is 35.3 Å². The van der Waals surface area contributed by atoms with Crippen LogP contribution in [0.4, 0.5) is 11.8 Å². The Kier molecular flexibility index (Phi) is 6.35. The normalized spacial score (nSPS) is 13.3. The minimum Gasteiger partial charge on any atom is -0.481 e. The highest BCUT2D eigenvalue weighted by Gasteiger charge is 2.16. The van der Waals surface area contributed by atoms with Gasteiger partial charge in [-0.2, -0.15) is 9.97 Å². The fraction of sp³-hybridized carbons (Fsp3) is 0.286. The van der Waals surface area contributed by atoms with Gasteiger partial charge in [0.1, 0.15) is 17.3 Å². The van der Waals surface area contributed by atoms with Gasteiger partial charge in [-0.25, -0.2) is 0 Å². The fourth-order valence-corrected chi connectivity index (χ4v) is 3.53. The summed E-state index contributed by atoms with van der Waals surface area (Å²) in [6.45, 7) is 2.40. The van der Waals surface area contributed by atoms with Crippen LogP contribution < -0.4 is 20.3 Å². The summed E-state index contributed by atoms with van der Waals surface area (Å²) in [4.78, 5) is 11.1. The van der Waals surface area contributed by atoms with Crippen molar-refractivity contribution in [2.24, 2.45) is 0 Å². The molecular formula is C21H22ClN5O2S. The van der Waals surface area contributed by atoms with Gasteiger partial charge in [-0.05, 0) is 61.5 Å². The zero-order valence-corrected chi connectivity index (χ0v) is 18.1. The number of nitrogens with one attached hydrogen (secondary N) is 2. The van der Waals surface area contributed by atoms with E-state index in [-0.39, 0.29) is 0 Å². The fourth-order valence-electron chi connectivity index (χ4n) is 3.24. The summed E-state index contributed by atoms with van der Waals surface area (Å²) in [5, 5.41) is 7.24. The highest BCUT2D eigenvalue weighted by atomic mass is 35.5. The third-order valence-electron chi connectivity index (χ3n) is 4.77. The van der Waals surface area contributed by atoms with Gasteiger partial charge < -0.3 is 24.7 Å². The molecule has 2 aromatic heterocycles. The van der Waals surface area contributed by atoms with Crippen LogP contribution in [0.1, 0.15) is 18.6 Å². The molecule has 0 atom stereocenters. The van der Waals surface area contributed by atoms with Gasteiger partial charge >= 0.3 is 0 Å². The summed E-state index contributed by atoms with van der Waals surface area (Å²) in [5.74, 6) is 3.26. The number of thiocarbonyl (C=S) groups is 1. The zero-order chi connectivity index (χ0) is 20.9. The van der Waals surface area contributed by atoms with Gasteiger partial charge in [0.15, 0.2) is 5.11 Å². The number of benzene rings is 1. The zero-order valence-electron chi connectivity index (χ0n) is 16.5. The Hall–Kier alpha value is -2.84. The number of ether oxygens (including phenoxy) is 1. The second-order valence-corrected chi connectivity index (χ2v) is 7.71. The summed E-state index contributed by atoms with van der Waals surface area (Å²) in [5.41, 5.74) is 0.963. The summed E-state index contributed by atoms with van der Waals surface area (Å²) >= 11 is 11.3. The Bertz CT molecular complexity index is 1020. The molecule has 0 aliphatic carbocycles. The van der Waals surface area contributed by atoms with Gasteiger partial charge in [0, 0.05) is 29.7 Å². The van der Waals surface area contributed by atoms with E-state index in [4.69, 9.17) is 33.0 Å². The number of rotatable bonds is 6. The molecule has 7 nitrogen and oxygen atoms in total. The first kappa shape index (κ1) is 20.4. The van der Waals surface area contributed by atoms with Gasteiger partial charge in [-0.15, -0.1) is 0 Å². The number of halogens is 1. The molecular weight excluding hydrogens is 422 g/mol. The number of furan rings is 1. The molecule has 4 rings (SSSR count). The molecule has 1 aliphatic rings. The summed E-state index contributed by atoms with van der Waals surface area (Å²) in [6.07, 6.45) is 2.33. The summed E-state index contributed by atoms with van der Waals surface area (Å²) < 4.78 is 11.2. The molecule has 156 valence electrons. The van der Waals surface area contributed by atoms with Crippen molar-refractivity contribution in [1.29, 1.82) is 0 Å². The highest BCUT2D eigenvalue weighted by molar-refractivity contribution is 7.80. The second-order valence-electron chi connectivity index (χ2n) is 6.87. The van der Waals surface area contributed by atoms with E-state index in [1.807, 2.05) is 42.5 Å². The Labute approximate surface area is 185 Å². The molecule has 1 saturated heterocycles. The van der Waals surface area contributed by atoms with Crippen molar-refractivity contribution >= 4 is 40.7 Å². The monoisotopic (exact) mass is 443 g/mol. The van der Waals surface area contributed by atoms with E-state index in [0.717, 1.165) is 48.8 Å². The molecule has 0 spiro atoms. The molecule has 0 bridgehead atoms. The topological polar surface area (TPSA) is 75.5 Å². The van der Waals surface area contributed by atoms with E-state index in [2.05, 4.69) is 25.5 Å². The maximum absolute atomic E-state index is 5.94. The van der Waals surface area contributed by atoms with E-state index < -0.39 is 0 Å². The predicted octanol–water partition coefficient (Wildman–Crippen LogP) is 4.49. The van der Waals surface area contributed by atoms with Crippen molar-refractivity contribution in [2.75, 3.05) is 30.4 Å². The molecule has 3 heterocycles. The smallest absolute Gasteiger partial charge is 0.234 e. The largest absolute Gasteiger partial charge is 0.481 e. The molecule has 0 unspecified atom stereocenters. The lowest BCUT2D eigenvalue weighted by molar-refractivity contribution is 0.397. The van der Waals surface area contributed by atoms with Crippen LogP contribution in [0.5, 0.6) is 5.88 Å². The molecule has 1 fully saturated rings. The molecule has 1 aliphatic heterocycles. The molecule has 0 amide bonds. The number of hydrogen-bond acceptors (Lipinski definition) is 6. The van der Waals surface area contributed by atoms with Gasteiger partial charge in [0.05, 0.1) is 13.7 Å². The van der Waals surface area contributed by atoms with Crippen LogP contribution in [0, 0.1) is 0 Å². The average molecular weight is 444 g/mol. The number of anilines is 2. The van der Waals surface area contributed by atoms with Crippen molar-refractivity contribution < 1.29 is 9.15 Å². The van der Waals surface area contributed by atoms with Crippen molar-refractivity contribution in [3.05, 3.63) is 53.2 Å². The van der Waals surface area contributed by atoms with Crippen LogP contribution in [0.25, 0.3) is 11.3 Å². The Morgan fingerprint density at radius 2 is 1.93 bits per heavy atom. The maximum atomic E-state index is 5.94. The molecule has 30 heavy (non-hydrogen) atoms. The third-order valence-corrected chi connectivity index (χ3v) is 5.27. The van der Waals surface area contributed by atoms with Crippen LogP contribution in [0.3, 0.4) is 0 Å². The lowest BCUT2D eigenvalue weighted by Crippen LogP contribution is -2.29. The Morgan fingerprint density at radius 3 is 2.67 bits per heavy atom. The second kappa shape index (κ2) is 9.32. The number of nitrogens with zero attached hydrogens (tertiary/aromatic N) is 3. The van der Waals surface area contributed by atoms with Gasteiger partial charge in [0.25, 0.3) is 0 Å². The number of methoxy groups -OCH3 is 1. The molecule has 0 radical (unpaired) electrons. The minimum atomic E-state index is 0.398. The number of aromatic nitrogens is 2. The van der Waals surface area contributed by atoms with Crippen molar-refractivity contribution in [3.8, 4) is 17.2 Å². The van der Waals surface area contributed by atoms with Crippen molar-refractivity contribution in [3.63, 3.8) is 0 Å². The minimum absolute atomic E-state index is 0.398. The number of hydrogen-bond donors (Lipinski definition) is 2. The molecule has 9 heteroatoms. The van der Waals surface area contributed by atoms with Gasteiger partial charge in [0.2, 0.25) is 11.8 Å². The van der Waals surface area contributed by atoms with E-state index in [1.54, 1.807) is 7.11 Å². The lowest BCUT2D eigenvalue weighted by Gasteiger charge is -2.18. The van der Waals surface area contributed by atoms with E-state index in [0.29, 0.717) is 28.5 Å². The van der Waals surface area contributed by atoms with Crippen LogP contribution in [0.2, 0.25) is 5.02 Å². The standard InChI is InChI=1S/C21H22ClN5O2S/c1-28-19-12-18(27-10-2-3-11-27)24-20(25-19)26-21(30)23-13-16-8-9-17(29-16)14-4-6-15(22)7-5-14/h4-9,12H,2-3,10-11,13H2,1H3,(H2,23,24,25,26,30). The van der Waals surface area contributed by atoms with Crippen LogP contribution in [0.15, 0.2) is 46.9 Å². The van der Waals surface area contributed by atoms with Crippen molar-refractivity contribution in [2.45, 2.75) is 19.4 Å². The summed E-state index contributed by atoms with van der Waals surface area (Å²) in [7, 11) is 1.59. The SMILES string of the molecule is COc1cc(N2CCCC2)nc(NC(=S)NCc2ccc(-c3ccc(Cl)cc3)o2)n1. The maximum Gasteiger partial charge on any atom is 0.234 e. The van der Waals surface area contributed by atoms with Crippen molar-refractivity contribution in [1.82, 2.24) is 15.3 Å². The first-order valence-electron chi connectivity index (χ1n) is 9.68. The first-order chi connectivity index (χ1) is 14.6. The Balaban J connectivity index is 1.37. The van der Waals surface area contributed by atoms with Gasteiger partial charge in [-0.1, -0.05) is 11.6 Å². The van der Waals surface area contributed by atoms with Crippen LogP contribution >= 0.6 is 23.8 Å². The predicted molar refractivity (Wildman–Crippen MR) is 122 cm³/mol. The molecule has 0 saturated carbocycles. The molecule has 2 N–H and O–H groups in total.